The number of hydrogen-bond donors (Lipinski definition) is 2. The van der Waals surface area contributed by atoms with Gasteiger partial charge in [-0.3, -0.25) is 4.90 Å². The van der Waals surface area contributed by atoms with Crippen molar-refractivity contribution in [1.82, 2.24) is 10.2 Å². The number of nitrogens with zero attached hydrogens (tertiary/aromatic N) is 1. The molecule has 0 bridgehead atoms. The summed E-state index contributed by atoms with van der Waals surface area (Å²) in [6.45, 7) is 4.72. The number of piperidine rings is 1. The smallest absolute Gasteiger partial charge is 0.0695 e. The van der Waals surface area contributed by atoms with Gasteiger partial charge >= 0.3 is 0 Å². The predicted octanol–water partition coefficient (Wildman–Crippen LogP) is 3.31. The van der Waals surface area contributed by atoms with Crippen LogP contribution in [0.4, 0.5) is 0 Å². The van der Waals surface area contributed by atoms with Crippen LogP contribution >= 0.6 is 0 Å². The third-order valence-electron chi connectivity index (χ3n) is 6.52. The van der Waals surface area contributed by atoms with E-state index in [0.29, 0.717) is 6.04 Å². The first-order chi connectivity index (χ1) is 10.8. The molecular weight excluding hydrogens is 272 g/mol. The van der Waals surface area contributed by atoms with Crippen LogP contribution in [0.25, 0.3) is 0 Å². The number of nitrogens with one attached hydrogen (secondary N) is 1. The first-order valence-electron chi connectivity index (χ1n) is 9.94. The Morgan fingerprint density at radius 1 is 0.909 bits per heavy atom. The van der Waals surface area contributed by atoms with E-state index in [1.165, 1.54) is 77.3 Å². The van der Waals surface area contributed by atoms with E-state index in [2.05, 4.69) is 17.1 Å². The zero-order valence-corrected chi connectivity index (χ0v) is 14.5. The molecule has 128 valence electrons. The average Bonchev–Trinajstić information content (AvgIpc) is 2.56. The lowest BCUT2D eigenvalue weighted by Gasteiger charge is -2.43. The molecule has 0 amide bonds. The quantitative estimate of drug-likeness (QED) is 0.836. The van der Waals surface area contributed by atoms with Gasteiger partial charge in [-0.1, -0.05) is 39.0 Å². The van der Waals surface area contributed by atoms with Gasteiger partial charge in [0.1, 0.15) is 0 Å². The van der Waals surface area contributed by atoms with E-state index >= 15 is 0 Å². The molecule has 3 nitrogen and oxygen atoms in total. The van der Waals surface area contributed by atoms with E-state index in [1.807, 2.05) is 0 Å². The Hall–Kier alpha value is -0.120. The third-order valence-corrected chi connectivity index (χ3v) is 6.52. The Kier molecular flexibility index (Phi) is 6.17. The van der Waals surface area contributed by atoms with Gasteiger partial charge in [0.05, 0.1) is 6.10 Å². The summed E-state index contributed by atoms with van der Waals surface area (Å²) in [7, 11) is 0. The van der Waals surface area contributed by atoms with Crippen LogP contribution in [0, 0.1) is 5.92 Å². The van der Waals surface area contributed by atoms with Crippen LogP contribution in [-0.2, 0) is 0 Å². The van der Waals surface area contributed by atoms with Gasteiger partial charge in [0.2, 0.25) is 0 Å². The van der Waals surface area contributed by atoms with Crippen molar-refractivity contribution in [2.75, 3.05) is 13.1 Å². The van der Waals surface area contributed by atoms with Crippen LogP contribution in [0.2, 0.25) is 0 Å². The Morgan fingerprint density at radius 3 is 2.41 bits per heavy atom. The topological polar surface area (TPSA) is 35.5 Å². The van der Waals surface area contributed by atoms with E-state index in [4.69, 9.17) is 0 Å². The van der Waals surface area contributed by atoms with Crippen LogP contribution in [0.5, 0.6) is 0 Å². The number of likely N-dealkylation sites (tertiary alicyclic amines) is 1. The fourth-order valence-corrected chi connectivity index (χ4v) is 5.06. The average molecular weight is 309 g/mol. The maximum absolute atomic E-state index is 10.2. The monoisotopic (exact) mass is 308 g/mol. The van der Waals surface area contributed by atoms with E-state index in [1.54, 1.807) is 0 Å². The number of aliphatic hydroxyl groups is 1. The van der Waals surface area contributed by atoms with Gasteiger partial charge in [0, 0.05) is 31.2 Å². The van der Waals surface area contributed by atoms with Crippen LogP contribution in [0.3, 0.4) is 0 Å². The molecular formula is C19H36N2O. The van der Waals surface area contributed by atoms with Gasteiger partial charge in [0.15, 0.2) is 0 Å². The summed E-state index contributed by atoms with van der Waals surface area (Å²) in [5, 5.41) is 14.2. The minimum absolute atomic E-state index is 0.0677. The van der Waals surface area contributed by atoms with Crippen LogP contribution in [0.1, 0.15) is 77.6 Å². The molecule has 1 heterocycles. The first-order valence-corrected chi connectivity index (χ1v) is 9.94. The highest BCUT2D eigenvalue weighted by Crippen LogP contribution is 2.29. The predicted molar refractivity (Wildman–Crippen MR) is 92.0 cm³/mol. The van der Waals surface area contributed by atoms with Crippen molar-refractivity contribution in [2.24, 2.45) is 5.92 Å². The van der Waals surface area contributed by atoms with Crippen molar-refractivity contribution in [2.45, 2.75) is 102 Å². The number of rotatable bonds is 4. The van der Waals surface area contributed by atoms with E-state index < -0.39 is 0 Å². The standard InChI is InChI=1S/C19H36N2O/c1-2-15-6-5-7-17(14-15)20-16-10-12-21(13-11-16)18-8-3-4-9-19(18)22/h15-20,22H,2-14H2,1H3. The summed E-state index contributed by atoms with van der Waals surface area (Å²) >= 11 is 0. The largest absolute Gasteiger partial charge is 0.391 e. The molecule has 22 heavy (non-hydrogen) atoms. The highest BCUT2D eigenvalue weighted by atomic mass is 16.3. The van der Waals surface area contributed by atoms with Gasteiger partial charge in [-0.15, -0.1) is 0 Å². The van der Waals surface area contributed by atoms with Crippen molar-refractivity contribution in [3.63, 3.8) is 0 Å². The summed E-state index contributed by atoms with van der Waals surface area (Å²) in [6, 6.07) is 1.95. The first kappa shape index (κ1) is 16.7. The zero-order valence-electron chi connectivity index (χ0n) is 14.5. The van der Waals surface area contributed by atoms with Crippen LogP contribution < -0.4 is 5.32 Å². The molecule has 3 heteroatoms. The van der Waals surface area contributed by atoms with Gasteiger partial charge in [-0.25, -0.2) is 0 Å². The normalized spacial score (nSPS) is 39.0. The van der Waals surface area contributed by atoms with E-state index in [-0.39, 0.29) is 6.10 Å². The van der Waals surface area contributed by atoms with Gasteiger partial charge < -0.3 is 10.4 Å². The fraction of sp³-hybridized carbons (Fsp3) is 1.00. The molecule has 0 aromatic carbocycles. The lowest BCUT2D eigenvalue weighted by atomic mass is 9.83. The number of aliphatic hydroxyl groups excluding tert-OH is 1. The Labute approximate surface area is 136 Å². The Bertz CT molecular complexity index is 327. The van der Waals surface area contributed by atoms with Crippen LogP contribution in [0.15, 0.2) is 0 Å². The summed E-state index contributed by atoms with van der Waals surface area (Å²) in [5.74, 6) is 0.962. The molecule has 2 aliphatic carbocycles. The molecule has 0 radical (unpaired) electrons. The van der Waals surface area contributed by atoms with Crippen molar-refractivity contribution in [3.8, 4) is 0 Å². The molecule has 0 spiro atoms. The third kappa shape index (κ3) is 4.24. The minimum Gasteiger partial charge on any atom is -0.391 e. The number of hydrogen-bond acceptors (Lipinski definition) is 3. The molecule has 3 aliphatic rings. The Morgan fingerprint density at radius 2 is 1.68 bits per heavy atom. The lowest BCUT2D eigenvalue weighted by Crippen LogP contribution is -2.53. The molecule has 1 aliphatic heterocycles. The maximum atomic E-state index is 10.2. The van der Waals surface area contributed by atoms with E-state index in [9.17, 15) is 5.11 Å². The second-order valence-corrected chi connectivity index (χ2v) is 8.03. The van der Waals surface area contributed by atoms with E-state index in [0.717, 1.165) is 24.4 Å². The summed E-state index contributed by atoms with van der Waals surface area (Å²) in [5.41, 5.74) is 0. The van der Waals surface area contributed by atoms with Gasteiger partial charge in [-0.05, 0) is 44.4 Å². The molecule has 0 aromatic heterocycles. The molecule has 2 saturated carbocycles. The highest BCUT2D eigenvalue weighted by molar-refractivity contribution is 4.89. The van der Waals surface area contributed by atoms with Gasteiger partial charge in [-0.2, -0.15) is 0 Å². The molecule has 4 unspecified atom stereocenters. The summed E-state index contributed by atoms with van der Waals surface area (Å²) in [6.07, 6.45) is 14.2. The highest BCUT2D eigenvalue weighted by Gasteiger charge is 2.32. The molecule has 4 atom stereocenters. The SMILES string of the molecule is CCC1CCCC(NC2CCN(C3CCCCC3O)CC2)C1. The summed E-state index contributed by atoms with van der Waals surface area (Å²) < 4.78 is 0. The van der Waals surface area contributed by atoms with Crippen molar-refractivity contribution in [3.05, 3.63) is 0 Å². The minimum atomic E-state index is -0.0677. The second-order valence-electron chi connectivity index (χ2n) is 8.03. The molecule has 3 rings (SSSR count). The van der Waals surface area contributed by atoms with Gasteiger partial charge in [0.25, 0.3) is 0 Å². The van der Waals surface area contributed by atoms with Crippen molar-refractivity contribution < 1.29 is 5.11 Å². The van der Waals surface area contributed by atoms with Crippen molar-refractivity contribution in [1.29, 1.82) is 0 Å². The molecule has 3 fully saturated rings. The molecule has 2 N–H and O–H groups in total. The second kappa shape index (κ2) is 8.12. The lowest BCUT2D eigenvalue weighted by molar-refractivity contribution is 0.00615. The molecule has 0 aromatic rings. The van der Waals surface area contributed by atoms with Crippen LogP contribution in [-0.4, -0.2) is 47.3 Å². The fourth-order valence-electron chi connectivity index (χ4n) is 5.06. The Balaban J connectivity index is 1.41. The maximum Gasteiger partial charge on any atom is 0.0695 e. The molecule has 1 saturated heterocycles. The van der Waals surface area contributed by atoms with Crippen molar-refractivity contribution >= 4 is 0 Å². The zero-order chi connectivity index (χ0) is 15.4. The summed E-state index contributed by atoms with van der Waals surface area (Å²) in [4.78, 5) is 2.58.